The normalized spacial score (nSPS) is 10.5. The van der Waals surface area contributed by atoms with Crippen molar-refractivity contribution in [1.29, 1.82) is 0 Å². The lowest BCUT2D eigenvalue weighted by atomic mass is 10.1. The van der Waals surface area contributed by atoms with E-state index in [0.717, 1.165) is 0 Å². The molecular formula is C12H14ClN3O3. The van der Waals surface area contributed by atoms with Crippen molar-refractivity contribution < 1.29 is 14.0 Å². The molecule has 0 fully saturated rings. The Bertz CT molecular complexity index is 571. The van der Waals surface area contributed by atoms with E-state index in [0.29, 0.717) is 40.4 Å². The highest BCUT2D eigenvalue weighted by Crippen LogP contribution is 2.41. The average Bonchev–Trinajstić information content (AvgIpc) is 2.88. The van der Waals surface area contributed by atoms with Crippen LogP contribution in [0.25, 0.3) is 11.4 Å². The molecule has 0 atom stereocenters. The fourth-order valence-corrected chi connectivity index (χ4v) is 1.87. The first kappa shape index (κ1) is 13.6. The van der Waals surface area contributed by atoms with Crippen LogP contribution in [0.15, 0.2) is 16.7 Å². The number of hydrogen-bond acceptors (Lipinski definition) is 6. The van der Waals surface area contributed by atoms with Gasteiger partial charge in [0.25, 0.3) is 0 Å². The monoisotopic (exact) mass is 283 g/mol. The molecule has 0 aliphatic heterocycles. The van der Waals surface area contributed by atoms with Gasteiger partial charge in [-0.25, -0.2) is 0 Å². The molecule has 0 amide bonds. The lowest BCUT2D eigenvalue weighted by Gasteiger charge is -2.13. The number of nitrogens with two attached hydrogens (primary N) is 1. The Morgan fingerprint density at radius 3 is 2.79 bits per heavy atom. The molecule has 0 aliphatic rings. The third-order valence-electron chi connectivity index (χ3n) is 2.45. The zero-order chi connectivity index (χ0) is 13.8. The third-order valence-corrected chi connectivity index (χ3v) is 2.76. The predicted molar refractivity (Wildman–Crippen MR) is 70.4 cm³/mol. The predicted octanol–water partition coefficient (Wildman–Crippen LogP) is 2.26. The molecule has 0 radical (unpaired) electrons. The zero-order valence-corrected chi connectivity index (χ0v) is 11.4. The van der Waals surface area contributed by atoms with Gasteiger partial charge in [0.1, 0.15) is 0 Å². The van der Waals surface area contributed by atoms with E-state index in [9.17, 15) is 0 Å². The molecule has 0 saturated heterocycles. The minimum atomic E-state index is 0.165. The molecule has 1 aromatic heterocycles. The molecule has 102 valence electrons. The van der Waals surface area contributed by atoms with Gasteiger partial charge in [-0.3, -0.25) is 0 Å². The van der Waals surface area contributed by atoms with Crippen molar-refractivity contribution >= 4 is 11.6 Å². The fourth-order valence-electron chi connectivity index (χ4n) is 1.64. The van der Waals surface area contributed by atoms with Crippen LogP contribution in [0.1, 0.15) is 12.8 Å². The third kappa shape index (κ3) is 2.64. The van der Waals surface area contributed by atoms with Gasteiger partial charge in [0.2, 0.25) is 11.7 Å². The Balaban J connectivity index is 2.59. The average molecular weight is 284 g/mol. The summed E-state index contributed by atoms with van der Waals surface area (Å²) in [6.45, 7) is 2.50. The highest BCUT2D eigenvalue weighted by molar-refractivity contribution is 6.33. The fraction of sp³-hybridized carbons (Fsp3) is 0.333. The van der Waals surface area contributed by atoms with Gasteiger partial charge < -0.3 is 19.7 Å². The minimum Gasteiger partial charge on any atom is -0.493 e. The van der Waals surface area contributed by atoms with E-state index < -0.39 is 0 Å². The maximum atomic E-state index is 6.19. The molecule has 0 spiro atoms. The van der Waals surface area contributed by atoms with Crippen molar-refractivity contribution in [2.24, 2.45) is 5.73 Å². The molecular weight excluding hydrogens is 270 g/mol. The maximum absolute atomic E-state index is 6.19. The van der Waals surface area contributed by atoms with E-state index in [2.05, 4.69) is 10.1 Å². The Morgan fingerprint density at radius 1 is 1.42 bits per heavy atom. The first-order valence-electron chi connectivity index (χ1n) is 5.73. The lowest BCUT2D eigenvalue weighted by molar-refractivity contribution is 0.312. The number of methoxy groups -OCH3 is 1. The van der Waals surface area contributed by atoms with Crippen LogP contribution in [0.2, 0.25) is 5.02 Å². The van der Waals surface area contributed by atoms with Gasteiger partial charge >= 0.3 is 0 Å². The van der Waals surface area contributed by atoms with E-state index >= 15 is 0 Å². The summed E-state index contributed by atoms with van der Waals surface area (Å²) in [5.74, 6) is 1.70. The van der Waals surface area contributed by atoms with E-state index in [1.54, 1.807) is 19.2 Å². The van der Waals surface area contributed by atoms with E-state index in [1.165, 1.54) is 0 Å². The molecule has 0 unspecified atom stereocenters. The molecule has 0 aliphatic carbocycles. The highest BCUT2D eigenvalue weighted by Gasteiger charge is 2.20. The Labute approximate surface area is 115 Å². The molecule has 2 N–H and O–H groups in total. The summed E-state index contributed by atoms with van der Waals surface area (Å²) in [5.41, 5.74) is 5.98. The van der Waals surface area contributed by atoms with Crippen LogP contribution >= 0.6 is 11.6 Å². The van der Waals surface area contributed by atoms with E-state index in [-0.39, 0.29) is 6.54 Å². The number of benzene rings is 1. The number of ether oxygens (including phenoxy) is 2. The second-order valence-electron chi connectivity index (χ2n) is 3.60. The SMILES string of the molecule is CCOc1c(OC)ccc(Cl)c1-c1noc(CN)n1. The number of hydrogen-bond donors (Lipinski definition) is 1. The summed E-state index contributed by atoms with van der Waals surface area (Å²) in [6, 6.07) is 3.41. The molecule has 19 heavy (non-hydrogen) atoms. The molecule has 1 heterocycles. The standard InChI is InChI=1S/C12H14ClN3O3/c1-3-18-11-8(17-2)5-4-7(13)10(11)12-15-9(6-14)19-16-12/h4-5H,3,6,14H2,1-2H3. The van der Waals surface area contributed by atoms with Crippen LogP contribution in [0.4, 0.5) is 0 Å². The number of aromatic nitrogens is 2. The van der Waals surface area contributed by atoms with Crippen molar-refractivity contribution in [3.8, 4) is 22.9 Å². The Kier molecular flexibility index (Phi) is 4.24. The summed E-state index contributed by atoms with van der Waals surface area (Å²) in [6.07, 6.45) is 0. The van der Waals surface area contributed by atoms with Gasteiger partial charge in [0.15, 0.2) is 11.5 Å². The zero-order valence-electron chi connectivity index (χ0n) is 10.6. The number of halogens is 1. The van der Waals surface area contributed by atoms with E-state index in [4.69, 9.17) is 31.3 Å². The largest absolute Gasteiger partial charge is 0.493 e. The van der Waals surface area contributed by atoms with Crippen molar-refractivity contribution in [2.45, 2.75) is 13.5 Å². The van der Waals surface area contributed by atoms with Gasteiger partial charge in [-0.15, -0.1) is 0 Å². The summed E-state index contributed by atoms with van der Waals surface area (Å²) in [4.78, 5) is 4.16. The van der Waals surface area contributed by atoms with E-state index in [1.807, 2.05) is 6.92 Å². The number of nitrogens with zero attached hydrogens (tertiary/aromatic N) is 2. The summed E-state index contributed by atoms with van der Waals surface area (Å²) < 4.78 is 15.8. The lowest BCUT2D eigenvalue weighted by Crippen LogP contribution is -1.99. The Morgan fingerprint density at radius 2 is 2.21 bits per heavy atom. The van der Waals surface area contributed by atoms with Crippen molar-refractivity contribution in [3.63, 3.8) is 0 Å². The van der Waals surface area contributed by atoms with Gasteiger partial charge in [0, 0.05) is 0 Å². The van der Waals surface area contributed by atoms with Crippen molar-refractivity contribution in [3.05, 3.63) is 23.0 Å². The quantitative estimate of drug-likeness (QED) is 0.906. The minimum absolute atomic E-state index is 0.165. The topological polar surface area (TPSA) is 83.4 Å². The number of rotatable bonds is 5. The summed E-state index contributed by atoms with van der Waals surface area (Å²) >= 11 is 6.19. The maximum Gasteiger partial charge on any atom is 0.240 e. The first-order chi connectivity index (χ1) is 9.21. The van der Waals surface area contributed by atoms with Crippen LogP contribution in [0.5, 0.6) is 11.5 Å². The molecule has 2 rings (SSSR count). The van der Waals surface area contributed by atoms with Crippen LogP contribution in [0, 0.1) is 0 Å². The molecule has 1 aromatic carbocycles. The van der Waals surface area contributed by atoms with Crippen LogP contribution in [-0.4, -0.2) is 23.9 Å². The highest BCUT2D eigenvalue weighted by atomic mass is 35.5. The van der Waals surface area contributed by atoms with Gasteiger partial charge in [-0.05, 0) is 19.1 Å². The molecule has 0 saturated carbocycles. The second-order valence-corrected chi connectivity index (χ2v) is 4.01. The van der Waals surface area contributed by atoms with Gasteiger partial charge in [0.05, 0.1) is 30.8 Å². The van der Waals surface area contributed by atoms with Crippen molar-refractivity contribution in [2.75, 3.05) is 13.7 Å². The Hall–Kier alpha value is -1.79. The van der Waals surface area contributed by atoms with Crippen molar-refractivity contribution in [1.82, 2.24) is 10.1 Å². The molecule has 6 nitrogen and oxygen atoms in total. The molecule has 0 bridgehead atoms. The molecule has 2 aromatic rings. The summed E-state index contributed by atoms with van der Waals surface area (Å²) in [7, 11) is 1.55. The summed E-state index contributed by atoms with van der Waals surface area (Å²) in [5, 5.41) is 4.30. The van der Waals surface area contributed by atoms with Gasteiger partial charge in [-0.2, -0.15) is 4.98 Å². The first-order valence-corrected chi connectivity index (χ1v) is 6.11. The van der Waals surface area contributed by atoms with Crippen LogP contribution in [0.3, 0.4) is 0 Å². The molecule has 7 heteroatoms. The van der Waals surface area contributed by atoms with Crippen LogP contribution in [-0.2, 0) is 6.54 Å². The van der Waals surface area contributed by atoms with Crippen LogP contribution < -0.4 is 15.2 Å². The second kappa shape index (κ2) is 5.90. The van der Waals surface area contributed by atoms with Gasteiger partial charge in [-0.1, -0.05) is 16.8 Å². The smallest absolute Gasteiger partial charge is 0.240 e.